The first-order chi connectivity index (χ1) is 8.65. The lowest BCUT2D eigenvalue weighted by Crippen LogP contribution is -2.36. The van der Waals surface area contributed by atoms with E-state index in [0.29, 0.717) is 18.0 Å². The number of hydrogen-bond donors (Lipinski definition) is 2. The van der Waals surface area contributed by atoms with Crippen LogP contribution in [-0.4, -0.2) is 34.2 Å². The summed E-state index contributed by atoms with van der Waals surface area (Å²) in [7, 11) is -3.41. The van der Waals surface area contributed by atoms with Crippen LogP contribution in [0.1, 0.15) is 12.0 Å². The molecule has 6 heteroatoms. The Morgan fingerprint density at radius 1 is 1.39 bits per heavy atom. The summed E-state index contributed by atoms with van der Waals surface area (Å²) < 4.78 is 32.5. The molecule has 2 aliphatic rings. The van der Waals surface area contributed by atoms with Gasteiger partial charge in [-0.25, -0.2) is 13.1 Å². The van der Waals surface area contributed by atoms with Gasteiger partial charge in [-0.3, -0.25) is 0 Å². The number of sulfonamides is 1. The minimum Gasteiger partial charge on any atom is -0.493 e. The van der Waals surface area contributed by atoms with E-state index in [9.17, 15) is 8.42 Å². The Morgan fingerprint density at radius 2 is 2.28 bits per heavy atom. The minimum absolute atomic E-state index is 0.000459. The molecule has 18 heavy (non-hydrogen) atoms. The molecule has 3 rings (SSSR count). The molecule has 0 aliphatic carbocycles. The maximum Gasteiger partial charge on any atom is 0.240 e. The Morgan fingerprint density at radius 3 is 3.06 bits per heavy atom. The standard InChI is InChI=1S/C12H16N2O3S/c15-18(16,14-10-3-5-13-8-10)11-1-2-12-9(7-11)4-6-17-12/h1-2,7,10,13-14H,3-6,8H2/t10-/m0/s1. The average molecular weight is 268 g/mol. The van der Waals surface area contributed by atoms with Gasteiger partial charge in [0.05, 0.1) is 11.5 Å². The van der Waals surface area contributed by atoms with Crippen LogP contribution in [0, 0.1) is 0 Å². The number of ether oxygens (including phenoxy) is 1. The summed E-state index contributed by atoms with van der Waals surface area (Å²) >= 11 is 0. The molecule has 1 aromatic carbocycles. The number of rotatable bonds is 3. The van der Waals surface area contributed by atoms with Gasteiger partial charge in [0.25, 0.3) is 0 Å². The van der Waals surface area contributed by atoms with E-state index in [2.05, 4.69) is 10.0 Å². The summed E-state index contributed by atoms with van der Waals surface area (Å²) in [5, 5.41) is 3.14. The molecule has 0 aromatic heterocycles. The number of fused-ring (bicyclic) bond motifs is 1. The maximum absolute atomic E-state index is 12.2. The maximum atomic E-state index is 12.2. The second-order valence-electron chi connectivity index (χ2n) is 4.68. The van der Waals surface area contributed by atoms with Crippen molar-refractivity contribution in [1.82, 2.24) is 10.0 Å². The van der Waals surface area contributed by atoms with Gasteiger partial charge in [-0.05, 0) is 36.7 Å². The van der Waals surface area contributed by atoms with Crippen LogP contribution in [0.15, 0.2) is 23.1 Å². The van der Waals surface area contributed by atoms with E-state index in [1.807, 2.05) is 0 Å². The van der Waals surface area contributed by atoms with Crippen molar-refractivity contribution in [2.45, 2.75) is 23.8 Å². The highest BCUT2D eigenvalue weighted by Gasteiger charge is 2.24. The molecule has 2 heterocycles. The summed E-state index contributed by atoms with van der Waals surface area (Å²) in [6.07, 6.45) is 1.62. The van der Waals surface area contributed by atoms with Crippen molar-refractivity contribution in [2.24, 2.45) is 0 Å². The van der Waals surface area contributed by atoms with Crippen LogP contribution in [0.5, 0.6) is 5.75 Å². The molecule has 98 valence electrons. The van der Waals surface area contributed by atoms with Crippen LogP contribution in [0.4, 0.5) is 0 Å². The van der Waals surface area contributed by atoms with Crippen LogP contribution in [0.2, 0.25) is 0 Å². The molecule has 2 N–H and O–H groups in total. The molecule has 1 saturated heterocycles. The van der Waals surface area contributed by atoms with Crippen molar-refractivity contribution in [2.75, 3.05) is 19.7 Å². The van der Waals surface area contributed by atoms with Crippen LogP contribution in [0.25, 0.3) is 0 Å². The van der Waals surface area contributed by atoms with E-state index < -0.39 is 10.0 Å². The molecule has 0 spiro atoms. The summed E-state index contributed by atoms with van der Waals surface area (Å²) in [4.78, 5) is 0.332. The van der Waals surface area contributed by atoms with Gasteiger partial charge in [-0.15, -0.1) is 0 Å². The highest BCUT2D eigenvalue weighted by Crippen LogP contribution is 2.27. The zero-order valence-corrected chi connectivity index (χ0v) is 10.8. The van der Waals surface area contributed by atoms with E-state index in [4.69, 9.17) is 4.74 Å². The second kappa shape index (κ2) is 4.53. The van der Waals surface area contributed by atoms with Gasteiger partial charge < -0.3 is 10.1 Å². The first-order valence-electron chi connectivity index (χ1n) is 6.14. The van der Waals surface area contributed by atoms with E-state index in [0.717, 1.165) is 30.7 Å². The molecule has 0 unspecified atom stereocenters. The van der Waals surface area contributed by atoms with E-state index in [1.54, 1.807) is 18.2 Å². The van der Waals surface area contributed by atoms with E-state index in [1.165, 1.54) is 0 Å². The van der Waals surface area contributed by atoms with Crippen LogP contribution >= 0.6 is 0 Å². The lowest BCUT2D eigenvalue weighted by molar-refractivity contribution is 0.356. The largest absolute Gasteiger partial charge is 0.493 e. The summed E-state index contributed by atoms with van der Waals surface area (Å²) in [6, 6.07) is 5.06. The first kappa shape index (κ1) is 12.0. The van der Waals surface area contributed by atoms with Gasteiger partial charge in [0.15, 0.2) is 0 Å². The number of benzene rings is 1. The number of nitrogens with one attached hydrogen (secondary N) is 2. The van der Waals surface area contributed by atoms with Gasteiger partial charge >= 0.3 is 0 Å². The molecule has 0 saturated carbocycles. The average Bonchev–Trinajstić information content (AvgIpc) is 2.97. The molecule has 1 atom stereocenters. The van der Waals surface area contributed by atoms with Crippen molar-refractivity contribution < 1.29 is 13.2 Å². The molecule has 0 amide bonds. The molecule has 0 radical (unpaired) electrons. The zero-order valence-electron chi connectivity index (χ0n) is 9.98. The van der Waals surface area contributed by atoms with Crippen molar-refractivity contribution in [3.8, 4) is 5.75 Å². The van der Waals surface area contributed by atoms with Crippen LogP contribution in [-0.2, 0) is 16.4 Å². The molecule has 1 aromatic rings. The summed E-state index contributed by atoms with van der Waals surface area (Å²) in [5.74, 6) is 0.802. The summed E-state index contributed by atoms with van der Waals surface area (Å²) in [6.45, 7) is 2.21. The minimum atomic E-state index is -3.41. The molecular formula is C12H16N2O3S. The van der Waals surface area contributed by atoms with Gasteiger partial charge in [-0.1, -0.05) is 0 Å². The zero-order chi connectivity index (χ0) is 12.6. The lowest BCUT2D eigenvalue weighted by atomic mass is 10.2. The fraction of sp³-hybridized carbons (Fsp3) is 0.500. The van der Waals surface area contributed by atoms with Crippen LogP contribution < -0.4 is 14.8 Å². The monoisotopic (exact) mass is 268 g/mol. The van der Waals surface area contributed by atoms with Crippen molar-refractivity contribution >= 4 is 10.0 Å². The van der Waals surface area contributed by atoms with Crippen molar-refractivity contribution in [1.29, 1.82) is 0 Å². The topological polar surface area (TPSA) is 67.4 Å². The van der Waals surface area contributed by atoms with E-state index in [-0.39, 0.29) is 6.04 Å². The fourth-order valence-electron chi connectivity index (χ4n) is 2.37. The first-order valence-corrected chi connectivity index (χ1v) is 7.62. The SMILES string of the molecule is O=S(=O)(N[C@H]1CCNC1)c1ccc2c(c1)CCO2. The quantitative estimate of drug-likeness (QED) is 0.825. The molecular weight excluding hydrogens is 252 g/mol. The van der Waals surface area contributed by atoms with Crippen molar-refractivity contribution in [3.63, 3.8) is 0 Å². The predicted molar refractivity (Wildman–Crippen MR) is 67.2 cm³/mol. The molecule has 5 nitrogen and oxygen atoms in total. The Labute approximate surface area is 107 Å². The normalized spacial score (nSPS) is 22.8. The summed E-state index contributed by atoms with van der Waals surface area (Å²) in [5.41, 5.74) is 0.974. The second-order valence-corrected chi connectivity index (χ2v) is 6.39. The third-order valence-corrected chi connectivity index (χ3v) is 4.87. The molecule has 0 bridgehead atoms. The number of hydrogen-bond acceptors (Lipinski definition) is 4. The Bertz CT molecular complexity index is 550. The highest BCUT2D eigenvalue weighted by atomic mass is 32.2. The Hall–Kier alpha value is -1.11. The van der Waals surface area contributed by atoms with Gasteiger partial charge in [0.2, 0.25) is 10.0 Å². The predicted octanol–water partition coefficient (Wildman–Crippen LogP) is 0.262. The van der Waals surface area contributed by atoms with Gasteiger partial charge in [0.1, 0.15) is 5.75 Å². The Balaban J connectivity index is 1.84. The molecule has 2 aliphatic heterocycles. The third kappa shape index (κ3) is 2.23. The van der Waals surface area contributed by atoms with Crippen LogP contribution in [0.3, 0.4) is 0 Å². The highest BCUT2D eigenvalue weighted by molar-refractivity contribution is 7.89. The third-order valence-electron chi connectivity index (χ3n) is 3.35. The van der Waals surface area contributed by atoms with Crippen molar-refractivity contribution in [3.05, 3.63) is 23.8 Å². The fourth-order valence-corrected chi connectivity index (χ4v) is 3.69. The lowest BCUT2D eigenvalue weighted by Gasteiger charge is -2.12. The van der Waals surface area contributed by atoms with Gasteiger partial charge in [-0.2, -0.15) is 0 Å². The molecule has 1 fully saturated rings. The Kier molecular flexibility index (Phi) is 3.01. The smallest absolute Gasteiger partial charge is 0.240 e. The van der Waals surface area contributed by atoms with Gasteiger partial charge in [0, 0.05) is 19.0 Å². The van der Waals surface area contributed by atoms with E-state index >= 15 is 0 Å².